The van der Waals surface area contributed by atoms with Crippen LogP contribution in [0.3, 0.4) is 0 Å². The molecule has 0 bridgehead atoms. The monoisotopic (exact) mass is 343 g/mol. The summed E-state index contributed by atoms with van der Waals surface area (Å²) in [5.41, 5.74) is 0.977. The fraction of sp³-hybridized carbons (Fsp3) is 0.333. The zero-order valence-corrected chi connectivity index (χ0v) is 14.9. The van der Waals surface area contributed by atoms with Gasteiger partial charge in [-0.2, -0.15) is 0 Å². The van der Waals surface area contributed by atoms with Gasteiger partial charge in [-0.3, -0.25) is 4.57 Å². The van der Waals surface area contributed by atoms with E-state index in [-0.39, 0.29) is 0 Å². The van der Waals surface area contributed by atoms with Gasteiger partial charge in [-0.1, -0.05) is 37.7 Å². The van der Waals surface area contributed by atoms with Gasteiger partial charge in [0, 0.05) is 11.3 Å². The molecule has 0 saturated heterocycles. The van der Waals surface area contributed by atoms with E-state index in [2.05, 4.69) is 28.6 Å². The molecule has 0 saturated carbocycles. The highest BCUT2D eigenvalue weighted by atomic mass is 32.2. The van der Waals surface area contributed by atoms with Gasteiger partial charge in [0.05, 0.1) is 19.9 Å². The molecule has 0 radical (unpaired) electrons. The van der Waals surface area contributed by atoms with Crippen LogP contribution >= 0.6 is 11.8 Å². The molecule has 0 aliphatic carbocycles. The van der Waals surface area contributed by atoms with Gasteiger partial charge in [0.1, 0.15) is 11.5 Å². The van der Waals surface area contributed by atoms with Gasteiger partial charge in [0.2, 0.25) is 0 Å². The van der Waals surface area contributed by atoms with Crippen molar-refractivity contribution < 1.29 is 9.15 Å². The molecule has 0 atom stereocenters. The van der Waals surface area contributed by atoms with Crippen LogP contribution in [0, 0.1) is 5.92 Å². The van der Waals surface area contributed by atoms with Crippen LogP contribution in [-0.2, 0) is 6.54 Å². The van der Waals surface area contributed by atoms with Gasteiger partial charge in [0.15, 0.2) is 11.0 Å². The maximum absolute atomic E-state index is 5.51. The minimum Gasteiger partial charge on any atom is -0.497 e. The minimum atomic E-state index is 0.587. The Morgan fingerprint density at radius 1 is 1.21 bits per heavy atom. The van der Waals surface area contributed by atoms with E-state index < -0.39 is 0 Å². The third kappa shape index (κ3) is 3.82. The van der Waals surface area contributed by atoms with E-state index in [1.165, 1.54) is 0 Å². The summed E-state index contributed by atoms with van der Waals surface area (Å²) in [7, 11) is 1.66. The zero-order valence-electron chi connectivity index (χ0n) is 14.1. The number of ether oxygens (including phenoxy) is 1. The lowest BCUT2D eigenvalue weighted by Gasteiger charge is -2.10. The second kappa shape index (κ2) is 7.57. The van der Waals surface area contributed by atoms with Gasteiger partial charge in [-0.25, -0.2) is 0 Å². The van der Waals surface area contributed by atoms with Crippen LogP contribution in [0.25, 0.3) is 11.4 Å². The predicted molar refractivity (Wildman–Crippen MR) is 95.4 cm³/mol. The summed E-state index contributed by atoms with van der Waals surface area (Å²) < 4.78 is 12.9. The van der Waals surface area contributed by atoms with Crippen LogP contribution < -0.4 is 4.74 Å². The summed E-state index contributed by atoms with van der Waals surface area (Å²) in [6.07, 6.45) is 1.69. The summed E-state index contributed by atoms with van der Waals surface area (Å²) in [5.74, 6) is 4.08. The molecule has 1 aromatic carbocycles. The quantitative estimate of drug-likeness (QED) is 0.597. The molecule has 0 aliphatic rings. The molecule has 3 rings (SSSR count). The largest absolute Gasteiger partial charge is 0.497 e. The first-order valence-electron chi connectivity index (χ1n) is 7.90. The molecule has 3 aromatic rings. The van der Waals surface area contributed by atoms with Crippen molar-refractivity contribution in [2.24, 2.45) is 5.92 Å². The summed E-state index contributed by atoms with van der Waals surface area (Å²) in [5, 5.41) is 9.71. The molecule has 2 heterocycles. The highest BCUT2D eigenvalue weighted by Gasteiger charge is 2.16. The lowest BCUT2D eigenvalue weighted by atomic mass is 10.2. The van der Waals surface area contributed by atoms with Gasteiger partial charge in [-0.15, -0.1) is 10.2 Å². The minimum absolute atomic E-state index is 0.587. The number of rotatable bonds is 7. The number of nitrogens with zero attached hydrogens (tertiary/aromatic N) is 3. The van der Waals surface area contributed by atoms with E-state index in [1.807, 2.05) is 36.4 Å². The average molecular weight is 343 g/mol. The third-order valence-corrected chi connectivity index (χ3v) is 4.88. The maximum Gasteiger partial charge on any atom is 0.191 e. The second-order valence-corrected chi connectivity index (χ2v) is 6.90. The van der Waals surface area contributed by atoms with Gasteiger partial charge < -0.3 is 9.15 Å². The van der Waals surface area contributed by atoms with E-state index in [4.69, 9.17) is 9.15 Å². The molecule has 2 aromatic heterocycles. The Labute approximate surface area is 146 Å². The number of aromatic nitrogens is 3. The van der Waals surface area contributed by atoms with E-state index in [1.54, 1.807) is 25.1 Å². The first kappa shape index (κ1) is 16.6. The standard InChI is InChI=1S/C18H21N3O2S/c1-13(2)12-24-18-20-19-17(14-6-4-7-15(10-14)22-3)21(18)11-16-8-5-9-23-16/h4-10,13H,11-12H2,1-3H3. The van der Waals surface area contributed by atoms with E-state index >= 15 is 0 Å². The summed E-state index contributed by atoms with van der Waals surface area (Å²) in [6, 6.07) is 11.7. The fourth-order valence-electron chi connectivity index (χ4n) is 2.31. The van der Waals surface area contributed by atoms with Crippen LogP contribution in [0.4, 0.5) is 0 Å². The highest BCUT2D eigenvalue weighted by Crippen LogP contribution is 2.28. The van der Waals surface area contributed by atoms with Crippen molar-refractivity contribution in [1.29, 1.82) is 0 Å². The topological polar surface area (TPSA) is 53.1 Å². The van der Waals surface area contributed by atoms with E-state index in [0.29, 0.717) is 12.5 Å². The number of methoxy groups -OCH3 is 1. The molecule has 0 N–H and O–H groups in total. The number of hydrogen-bond acceptors (Lipinski definition) is 5. The first-order valence-corrected chi connectivity index (χ1v) is 8.88. The number of thioether (sulfide) groups is 1. The van der Waals surface area contributed by atoms with E-state index in [0.717, 1.165) is 33.8 Å². The number of furan rings is 1. The lowest BCUT2D eigenvalue weighted by Crippen LogP contribution is -2.04. The van der Waals surface area contributed by atoms with Crippen molar-refractivity contribution in [3.8, 4) is 17.1 Å². The molecule has 0 fully saturated rings. The molecular weight excluding hydrogens is 322 g/mol. The average Bonchev–Trinajstić information content (AvgIpc) is 3.23. The van der Waals surface area contributed by atoms with Gasteiger partial charge in [-0.05, 0) is 30.2 Å². The van der Waals surface area contributed by atoms with Gasteiger partial charge in [0.25, 0.3) is 0 Å². The summed E-state index contributed by atoms with van der Waals surface area (Å²) >= 11 is 1.72. The normalized spacial score (nSPS) is 11.2. The van der Waals surface area contributed by atoms with Crippen molar-refractivity contribution in [2.45, 2.75) is 25.5 Å². The van der Waals surface area contributed by atoms with Crippen LogP contribution in [0.1, 0.15) is 19.6 Å². The molecule has 0 unspecified atom stereocenters. The Hall–Kier alpha value is -2.21. The number of benzene rings is 1. The highest BCUT2D eigenvalue weighted by molar-refractivity contribution is 7.99. The predicted octanol–water partition coefficient (Wildman–Crippen LogP) is 4.34. The molecule has 6 heteroatoms. The summed E-state index contributed by atoms with van der Waals surface area (Å²) in [4.78, 5) is 0. The van der Waals surface area contributed by atoms with Crippen LogP contribution in [-0.4, -0.2) is 27.6 Å². The van der Waals surface area contributed by atoms with Crippen molar-refractivity contribution in [3.05, 3.63) is 48.4 Å². The van der Waals surface area contributed by atoms with Crippen LogP contribution in [0.2, 0.25) is 0 Å². The van der Waals surface area contributed by atoms with Crippen molar-refractivity contribution in [1.82, 2.24) is 14.8 Å². The Bertz CT molecular complexity index is 781. The Morgan fingerprint density at radius 2 is 2.08 bits per heavy atom. The fourth-order valence-corrected chi connectivity index (χ4v) is 3.20. The van der Waals surface area contributed by atoms with E-state index in [9.17, 15) is 0 Å². The van der Waals surface area contributed by atoms with Gasteiger partial charge >= 0.3 is 0 Å². The SMILES string of the molecule is COc1cccc(-c2nnc(SCC(C)C)n2Cc2ccco2)c1. The zero-order chi connectivity index (χ0) is 16.9. The third-order valence-electron chi connectivity index (χ3n) is 3.48. The van der Waals surface area contributed by atoms with Crippen molar-refractivity contribution >= 4 is 11.8 Å². The molecular formula is C18H21N3O2S. The van der Waals surface area contributed by atoms with Crippen molar-refractivity contribution in [2.75, 3.05) is 12.9 Å². The van der Waals surface area contributed by atoms with Crippen LogP contribution in [0.15, 0.2) is 52.2 Å². The Balaban J connectivity index is 1.98. The second-order valence-electron chi connectivity index (χ2n) is 5.91. The Morgan fingerprint density at radius 3 is 2.79 bits per heavy atom. The molecule has 0 amide bonds. The molecule has 0 aliphatic heterocycles. The molecule has 5 nitrogen and oxygen atoms in total. The lowest BCUT2D eigenvalue weighted by molar-refractivity contribution is 0.415. The smallest absolute Gasteiger partial charge is 0.191 e. The van der Waals surface area contributed by atoms with Crippen molar-refractivity contribution in [3.63, 3.8) is 0 Å². The Kier molecular flexibility index (Phi) is 5.25. The first-order chi connectivity index (χ1) is 11.7. The number of hydrogen-bond donors (Lipinski definition) is 0. The van der Waals surface area contributed by atoms with Crippen LogP contribution in [0.5, 0.6) is 5.75 Å². The molecule has 24 heavy (non-hydrogen) atoms. The summed E-state index contributed by atoms with van der Waals surface area (Å²) in [6.45, 7) is 5.00. The molecule has 126 valence electrons. The molecule has 0 spiro atoms. The maximum atomic E-state index is 5.51.